The minimum absolute atomic E-state index is 0.0263. The van der Waals surface area contributed by atoms with E-state index >= 15 is 0 Å². The molecule has 0 bridgehead atoms. The molecule has 0 spiro atoms. The summed E-state index contributed by atoms with van der Waals surface area (Å²) in [6.45, 7) is 0. The zero-order valence-corrected chi connectivity index (χ0v) is 7.27. The second kappa shape index (κ2) is 4.06. The molecule has 0 radical (unpaired) electrons. The molecule has 1 rings (SSSR count). The quantitative estimate of drug-likeness (QED) is 0.661. The molecular weight excluding hydrogens is 189 g/mol. The van der Waals surface area contributed by atoms with Crippen LogP contribution < -0.4 is 5.73 Å². The van der Waals surface area contributed by atoms with Crippen molar-refractivity contribution in [3.8, 4) is 5.75 Å². The number of aromatic hydroxyl groups is 1. The second-order valence-electron chi connectivity index (χ2n) is 2.92. The van der Waals surface area contributed by atoms with Gasteiger partial charge in [0.2, 0.25) is 0 Å². The van der Waals surface area contributed by atoms with Crippen molar-refractivity contribution in [3.05, 3.63) is 29.6 Å². The highest BCUT2D eigenvalue weighted by molar-refractivity contribution is 5.73. The van der Waals surface area contributed by atoms with E-state index in [-0.39, 0.29) is 12.2 Å². The van der Waals surface area contributed by atoms with Gasteiger partial charge in [-0.1, -0.05) is 6.07 Å². The molecule has 0 saturated carbocycles. The van der Waals surface area contributed by atoms with Gasteiger partial charge in [0.05, 0.1) is 0 Å². The van der Waals surface area contributed by atoms with Crippen LogP contribution in [0.4, 0.5) is 4.39 Å². The number of phenols is 1. The van der Waals surface area contributed by atoms with Gasteiger partial charge >= 0.3 is 5.97 Å². The van der Waals surface area contributed by atoms with E-state index in [9.17, 15) is 14.3 Å². The van der Waals surface area contributed by atoms with Gasteiger partial charge in [-0.25, -0.2) is 4.39 Å². The fraction of sp³-hybridized carbons (Fsp3) is 0.222. The van der Waals surface area contributed by atoms with E-state index in [0.717, 1.165) is 12.1 Å². The van der Waals surface area contributed by atoms with Crippen LogP contribution in [0.25, 0.3) is 0 Å². The first-order chi connectivity index (χ1) is 6.50. The SMILES string of the molecule is N[C@@H](Cc1ccc(F)cc1O)C(=O)O. The zero-order chi connectivity index (χ0) is 10.7. The first-order valence-electron chi connectivity index (χ1n) is 3.96. The van der Waals surface area contributed by atoms with E-state index in [1.807, 2.05) is 0 Å². The normalized spacial score (nSPS) is 12.4. The van der Waals surface area contributed by atoms with E-state index in [1.165, 1.54) is 6.07 Å². The largest absolute Gasteiger partial charge is 0.508 e. The number of phenolic OH excluding ortho intramolecular Hbond substituents is 1. The van der Waals surface area contributed by atoms with E-state index in [4.69, 9.17) is 10.8 Å². The van der Waals surface area contributed by atoms with Crippen molar-refractivity contribution >= 4 is 5.97 Å². The first-order valence-corrected chi connectivity index (χ1v) is 3.96. The zero-order valence-electron chi connectivity index (χ0n) is 7.27. The number of rotatable bonds is 3. The number of halogens is 1. The van der Waals surface area contributed by atoms with Gasteiger partial charge in [0.15, 0.2) is 0 Å². The lowest BCUT2D eigenvalue weighted by molar-refractivity contribution is -0.138. The van der Waals surface area contributed by atoms with Gasteiger partial charge in [-0.3, -0.25) is 4.79 Å². The van der Waals surface area contributed by atoms with Crippen LogP contribution in [0.15, 0.2) is 18.2 Å². The van der Waals surface area contributed by atoms with E-state index in [0.29, 0.717) is 5.56 Å². The minimum atomic E-state index is -1.16. The Labute approximate surface area is 79.8 Å². The number of nitrogens with two attached hydrogens (primary N) is 1. The highest BCUT2D eigenvalue weighted by Gasteiger charge is 2.14. The number of carbonyl (C=O) groups is 1. The Balaban J connectivity index is 2.82. The summed E-state index contributed by atoms with van der Waals surface area (Å²) in [7, 11) is 0. The molecule has 0 heterocycles. The minimum Gasteiger partial charge on any atom is -0.508 e. The average Bonchev–Trinajstić information content (AvgIpc) is 2.09. The molecule has 4 nitrogen and oxygen atoms in total. The third-order valence-corrected chi connectivity index (χ3v) is 1.80. The molecule has 1 aromatic carbocycles. The van der Waals surface area contributed by atoms with Crippen LogP contribution in [0.2, 0.25) is 0 Å². The molecule has 5 heteroatoms. The maximum Gasteiger partial charge on any atom is 0.320 e. The molecule has 1 atom stereocenters. The fourth-order valence-corrected chi connectivity index (χ4v) is 1.03. The predicted octanol–water partition coefficient (Wildman–Crippen LogP) is 0.486. The van der Waals surface area contributed by atoms with Crippen LogP contribution in [0.1, 0.15) is 5.56 Å². The molecule has 76 valence electrons. The third kappa shape index (κ3) is 2.43. The van der Waals surface area contributed by atoms with Gasteiger partial charge < -0.3 is 15.9 Å². The number of benzene rings is 1. The lowest BCUT2D eigenvalue weighted by Gasteiger charge is -2.07. The van der Waals surface area contributed by atoms with Crippen molar-refractivity contribution in [2.75, 3.05) is 0 Å². The van der Waals surface area contributed by atoms with Gasteiger partial charge in [0.25, 0.3) is 0 Å². The summed E-state index contributed by atoms with van der Waals surface area (Å²) in [5.74, 6) is -2.01. The van der Waals surface area contributed by atoms with Crippen LogP contribution in [0.5, 0.6) is 5.75 Å². The molecule has 0 aliphatic carbocycles. The number of aliphatic carboxylic acids is 1. The Kier molecular flexibility index (Phi) is 3.03. The summed E-state index contributed by atoms with van der Waals surface area (Å²) in [4.78, 5) is 10.4. The highest BCUT2D eigenvalue weighted by atomic mass is 19.1. The molecule has 0 amide bonds. The average molecular weight is 199 g/mol. The summed E-state index contributed by atoms with van der Waals surface area (Å²) in [6, 6.07) is 2.28. The van der Waals surface area contributed by atoms with Crippen molar-refractivity contribution < 1.29 is 19.4 Å². The number of carboxylic acids is 1. The van der Waals surface area contributed by atoms with Crippen LogP contribution in [-0.4, -0.2) is 22.2 Å². The van der Waals surface area contributed by atoms with Crippen molar-refractivity contribution in [1.29, 1.82) is 0 Å². The lowest BCUT2D eigenvalue weighted by Crippen LogP contribution is -2.32. The number of hydrogen-bond donors (Lipinski definition) is 3. The Hall–Kier alpha value is -1.62. The Morgan fingerprint density at radius 3 is 2.71 bits per heavy atom. The van der Waals surface area contributed by atoms with Crippen LogP contribution in [0, 0.1) is 5.82 Å². The molecule has 14 heavy (non-hydrogen) atoms. The summed E-state index contributed by atoms with van der Waals surface area (Å²) in [5.41, 5.74) is 5.57. The van der Waals surface area contributed by atoms with Crippen LogP contribution in [-0.2, 0) is 11.2 Å². The third-order valence-electron chi connectivity index (χ3n) is 1.80. The lowest BCUT2D eigenvalue weighted by atomic mass is 10.1. The van der Waals surface area contributed by atoms with Crippen LogP contribution >= 0.6 is 0 Å². The Morgan fingerprint density at radius 2 is 2.21 bits per heavy atom. The Bertz CT molecular complexity index is 354. The maximum absolute atomic E-state index is 12.5. The van der Waals surface area contributed by atoms with Crippen molar-refractivity contribution in [1.82, 2.24) is 0 Å². The number of hydrogen-bond acceptors (Lipinski definition) is 3. The first kappa shape index (κ1) is 10.5. The Morgan fingerprint density at radius 1 is 1.57 bits per heavy atom. The van der Waals surface area contributed by atoms with Gasteiger partial charge in [0.1, 0.15) is 17.6 Å². The standard InChI is InChI=1S/C9H10FNO3/c10-6-2-1-5(8(12)4-6)3-7(11)9(13)14/h1-2,4,7,12H,3,11H2,(H,13,14)/t7-/m0/s1. The molecule has 0 fully saturated rings. The van der Waals surface area contributed by atoms with Gasteiger partial charge in [-0.05, 0) is 11.6 Å². The molecule has 0 aromatic heterocycles. The highest BCUT2D eigenvalue weighted by Crippen LogP contribution is 2.19. The summed E-state index contributed by atoms with van der Waals surface area (Å²) in [5, 5.41) is 17.7. The second-order valence-corrected chi connectivity index (χ2v) is 2.92. The van der Waals surface area contributed by atoms with E-state index < -0.39 is 17.8 Å². The van der Waals surface area contributed by atoms with Crippen molar-refractivity contribution in [2.24, 2.45) is 5.73 Å². The number of carboxylic acid groups (broad SMARTS) is 1. The molecule has 0 aliphatic rings. The monoisotopic (exact) mass is 199 g/mol. The van der Waals surface area contributed by atoms with Gasteiger partial charge in [0, 0.05) is 12.5 Å². The van der Waals surface area contributed by atoms with Gasteiger partial charge in [-0.15, -0.1) is 0 Å². The summed E-state index contributed by atoms with van der Waals surface area (Å²) < 4.78 is 12.5. The topological polar surface area (TPSA) is 83.5 Å². The molecule has 0 aliphatic heterocycles. The van der Waals surface area contributed by atoms with Gasteiger partial charge in [-0.2, -0.15) is 0 Å². The van der Waals surface area contributed by atoms with Crippen molar-refractivity contribution in [3.63, 3.8) is 0 Å². The van der Waals surface area contributed by atoms with Crippen LogP contribution in [0.3, 0.4) is 0 Å². The summed E-state index contributed by atoms with van der Waals surface area (Å²) in [6.07, 6.45) is -0.0263. The smallest absolute Gasteiger partial charge is 0.320 e. The molecule has 4 N–H and O–H groups in total. The predicted molar refractivity (Wildman–Crippen MR) is 47.4 cm³/mol. The van der Waals surface area contributed by atoms with E-state index in [2.05, 4.69) is 0 Å². The fourth-order valence-electron chi connectivity index (χ4n) is 1.03. The maximum atomic E-state index is 12.5. The molecule has 0 saturated heterocycles. The molecule has 1 aromatic rings. The summed E-state index contributed by atoms with van der Waals surface area (Å²) >= 11 is 0. The molecular formula is C9H10FNO3. The molecule has 0 unspecified atom stereocenters. The van der Waals surface area contributed by atoms with E-state index in [1.54, 1.807) is 0 Å². The van der Waals surface area contributed by atoms with Crippen molar-refractivity contribution in [2.45, 2.75) is 12.5 Å².